The van der Waals surface area contributed by atoms with Gasteiger partial charge in [-0.15, -0.1) is 0 Å². The van der Waals surface area contributed by atoms with E-state index in [1.54, 1.807) is 146 Å². The number of aliphatic hydroxyl groups excluding tert-OH is 1. The minimum Gasteiger partial charge on any atom is -0.491 e. The van der Waals surface area contributed by atoms with E-state index < -0.39 is 41.1 Å². The smallest absolute Gasteiger partial charge is 0.373 e. The number of imide groups is 2. The fourth-order valence-corrected chi connectivity index (χ4v) is 12.4. The van der Waals surface area contributed by atoms with E-state index in [0.29, 0.717) is 129 Å². The molecule has 1 atom stereocenters. The van der Waals surface area contributed by atoms with Crippen LogP contribution in [0, 0.1) is 0 Å². The molecule has 8 aromatic carbocycles. The minimum atomic E-state index is -0.927. The van der Waals surface area contributed by atoms with Gasteiger partial charge in [0, 0.05) is 81.4 Å². The molecule has 2 aliphatic rings. The Kier molecular flexibility index (Phi) is 37.0. The summed E-state index contributed by atoms with van der Waals surface area (Å²) >= 11 is 0. The van der Waals surface area contributed by atoms with E-state index in [9.17, 15) is 43.5 Å². The lowest BCUT2D eigenvalue weighted by molar-refractivity contribution is -0.193. The molecular weight excluding hydrogens is 1500 g/mol. The first-order chi connectivity index (χ1) is 55.4. The van der Waals surface area contributed by atoms with Gasteiger partial charge in [0.05, 0.1) is 68.1 Å². The van der Waals surface area contributed by atoms with Gasteiger partial charge in [0.2, 0.25) is 0 Å². The first-order valence-electron chi connectivity index (χ1n) is 37.4. The second-order valence-electron chi connectivity index (χ2n) is 27.8. The van der Waals surface area contributed by atoms with Crippen LogP contribution < -0.4 is 29.9 Å². The lowest BCUT2D eigenvalue weighted by Gasteiger charge is -2.28. The van der Waals surface area contributed by atoms with Crippen LogP contribution in [0.25, 0.3) is 21.5 Å². The Hall–Kier alpha value is -13.3. The molecule has 29 nitrogen and oxygen atoms in total. The van der Waals surface area contributed by atoms with Crippen molar-refractivity contribution in [2.75, 3.05) is 79.6 Å². The third kappa shape index (κ3) is 26.4. The van der Waals surface area contributed by atoms with Crippen molar-refractivity contribution in [3.8, 4) is 11.5 Å². The van der Waals surface area contributed by atoms with E-state index in [0.717, 1.165) is 53.7 Å². The lowest BCUT2D eigenvalue weighted by atomic mass is 9.92. The number of esters is 4. The Labute approximate surface area is 671 Å². The van der Waals surface area contributed by atoms with Gasteiger partial charge in [-0.1, -0.05) is 88.4 Å². The average Bonchev–Trinajstić information content (AvgIpc) is 0.744. The third-order valence-electron chi connectivity index (χ3n) is 17.0. The van der Waals surface area contributed by atoms with E-state index in [1.165, 1.54) is 9.80 Å². The number of hydrogen-bond donors (Lipinski definition) is 3. The molecule has 0 fully saturated rings. The second-order valence-corrected chi connectivity index (χ2v) is 27.8. The molecule has 2 aliphatic heterocycles. The van der Waals surface area contributed by atoms with Gasteiger partial charge in [-0.2, -0.15) is 38.4 Å². The summed E-state index contributed by atoms with van der Waals surface area (Å²) in [4.78, 5) is 176. The molecule has 0 radical (unpaired) electrons. The second kappa shape index (κ2) is 46.0. The van der Waals surface area contributed by atoms with Crippen LogP contribution in [0.1, 0.15) is 199 Å². The van der Waals surface area contributed by atoms with E-state index in [4.69, 9.17) is 66.8 Å². The quantitative estimate of drug-likeness (QED) is 0.0206. The highest BCUT2D eigenvalue weighted by molar-refractivity contribution is 6.28. The van der Waals surface area contributed by atoms with Gasteiger partial charge in [-0.25, -0.2) is 9.59 Å². The number of nitrogens with one attached hydrogen (secondary N) is 2. The van der Waals surface area contributed by atoms with Gasteiger partial charge in [-0.05, 0) is 188 Å². The summed E-state index contributed by atoms with van der Waals surface area (Å²) in [6.45, 7) is 26.4. The van der Waals surface area contributed by atoms with Crippen molar-refractivity contribution in [2.45, 2.75) is 146 Å². The van der Waals surface area contributed by atoms with Gasteiger partial charge >= 0.3 is 48.5 Å². The van der Waals surface area contributed by atoms with Crippen LogP contribution in [0.4, 0.5) is 22.7 Å². The highest BCUT2D eigenvalue weighted by atomic mass is 16.6. The van der Waals surface area contributed by atoms with Crippen LogP contribution >= 0.6 is 0 Å². The van der Waals surface area contributed by atoms with Gasteiger partial charge in [-0.3, -0.25) is 38.6 Å². The maximum absolute atomic E-state index is 13.8. The molecule has 0 bridgehead atoms. The summed E-state index contributed by atoms with van der Waals surface area (Å²) in [5.74, 6) is -1.80. The van der Waals surface area contributed by atoms with E-state index >= 15 is 0 Å². The highest BCUT2D eigenvalue weighted by Gasteiger charge is 2.36. The van der Waals surface area contributed by atoms with E-state index in [-0.39, 0.29) is 81.1 Å². The molecular formula is C87H96N6O23. The highest BCUT2D eigenvalue weighted by Crippen LogP contribution is 2.39. The molecule has 8 aromatic rings. The van der Waals surface area contributed by atoms with Crippen LogP contribution in [0.15, 0.2) is 146 Å². The zero-order valence-electron chi connectivity index (χ0n) is 67.0. The van der Waals surface area contributed by atoms with Crippen LogP contribution in [-0.2, 0) is 86.5 Å². The molecule has 0 saturated heterocycles. The number of benzene rings is 8. The molecule has 29 heteroatoms. The maximum Gasteiger partial charge on any atom is 0.373 e. The predicted octanol–water partition coefficient (Wildman–Crippen LogP) is 12.7. The topological polar surface area (TPSA) is 386 Å². The van der Waals surface area contributed by atoms with Gasteiger partial charge in [0.1, 0.15) is 35.8 Å². The number of nitrogens with zero attached hydrogens (tertiary/aromatic N) is 4. The molecule has 0 aromatic heterocycles. The van der Waals surface area contributed by atoms with Crippen molar-refractivity contribution in [1.82, 2.24) is 9.80 Å². The normalized spacial score (nSPS) is 11.8. The molecule has 116 heavy (non-hydrogen) atoms. The molecule has 4 amide bonds. The first kappa shape index (κ1) is 93.3. The first-order valence-corrected chi connectivity index (χ1v) is 37.4. The number of aliphatic hydroxyl groups is 1. The van der Waals surface area contributed by atoms with Crippen LogP contribution in [0.3, 0.4) is 0 Å². The molecule has 3 N–H and O–H groups in total. The Bertz CT molecular complexity index is 4800. The molecule has 2 heterocycles. The largest absolute Gasteiger partial charge is 0.491 e. The number of carbonyl (C=O) groups is 8. The molecule has 0 spiro atoms. The number of carbonyl (C=O) groups excluding carboxylic acids is 16. The van der Waals surface area contributed by atoms with Crippen molar-refractivity contribution in [3.63, 3.8) is 0 Å². The van der Waals surface area contributed by atoms with E-state index in [2.05, 4.69) is 17.6 Å². The van der Waals surface area contributed by atoms with Crippen molar-refractivity contribution < 1.29 is 110 Å². The van der Waals surface area contributed by atoms with Crippen molar-refractivity contribution >= 4 is 116 Å². The number of anilines is 4. The summed E-state index contributed by atoms with van der Waals surface area (Å²) < 4.78 is 33.5. The van der Waals surface area contributed by atoms with E-state index in [1.807, 2.05) is 85.2 Å². The monoisotopic (exact) mass is 1590 g/mol. The Morgan fingerprint density at radius 3 is 1.18 bits per heavy atom. The standard InChI is InChI=1S/C42H49N3O8.C41H47N3O7.4CO2/c1-7-21-44(26-37(47)51-9-3)34-20-17-29(23-36(34)52-22-8-2)35(46)24-43-33-19-18-32-38-30(33)11-10-12-31(38)39(48)45(40(32)49)25-27-13-15-28(16-14-27)41(50)53-42(4,5)6;1-7-21-43(26-36(45)49-9-3)34-20-15-28(23-35(34)50-22-8-2)24-42-33-19-18-32-37-30(33)11-10-12-31(37)38(46)44(39(32)47)25-27-13-16-29(17-14-27)40(48)51-41(4,5)6;4*2-1-3/h10-20,23,35,43,46H,7-9,21-22,24-26H2,1-6H3;10-20,23,42H,7-9,21-22,24-26H2,1-6H3;;;;. The number of amides is 4. The van der Waals surface area contributed by atoms with Crippen LogP contribution in [0.5, 0.6) is 11.5 Å². The summed E-state index contributed by atoms with van der Waals surface area (Å²) in [5, 5.41) is 20.8. The zero-order valence-corrected chi connectivity index (χ0v) is 67.0. The zero-order chi connectivity index (χ0) is 85.8. The molecule has 10 rings (SSSR count). The number of hydrogen-bond acceptors (Lipinski definition) is 27. The number of rotatable bonds is 31. The number of ether oxygens (including phenoxy) is 6. The molecule has 612 valence electrons. The molecule has 0 aliphatic carbocycles. The maximum atomic E-state index is 13.8. The Balaban J connectivity index is 0.000000364. The van der Waals surface area contributed by atoms with Crippen LogP contribution in [0.2, 0.25) is 0 Å². The average molecular weight is 1590 g/mol. The SMILES string of the molecule is CCCOc1cc(C(O)CNc2ccc3c4c(cccc24)C(=O)N(Cc2ccc(C(=O)OC(C)(C)C)cc2)C3=O)ccc1N(CCC)CC(=O)OCC.CCCOc1cc(CNc2ccc3c4c(cccc24)C(=O)N(Cc2ccc(C(=O)OC(C)(C)C)cc2)C3=O)ccc1N(CCC)CC(=O)OCC.O=C=O.O=C=O.O=C=O.O=C=O. The molecule has 1 unspecified atom stereocenters. The lowest BCUT2D eigenvalue weighted by Crippen LogP contribution is -2.39. The summed E-state index contributed by atoms with van der Waals surface area (Å²) in [5.41, 5.74) is 7.28. The van der Waals surface area contributed by atoms with Crippen molar-refractivity contribution in [1.29, 1.82) is 0 Å². The Morgan fingerprint density at radius 1 is 0.448 bits per heavy atom. The molecule has 0 saturated carbocycles. The summed E-state index contributed by atoms with van der Waals surface area (Å²) in [6, 6.07) is 42.8. The van der Waals surface area contributed by atoms with Gasteiger partial charge in [0.25, 0.3) is 23.6 Å². The van der Waals surface area contributed by atoms with Crippen LogP contribution in [-0.4, -0.2) is 157 Å². The van der Waals surface area contributed by atoms with Gasteiger partial charge < -0.3 is 54.0 Å². The van der Waals surface area contributed by atoms with Gasteiger partial charge in [0.15, 0.2) is 0 Å². The Morgan fingerprint density at radius 2 is 0.810 bits per heavy atom. The fraction of sp³-hybridized carbons (Fsp3) is 0.356. The van der Waals surface area contributed by atoms with Crippen molar-refractivity contribution in [2.24, 2.45) is 0 Å². The summed E-state index contributed by atoms with van der Waals surface area (Å²) in [6.07, 6.45) is 3.37. The predicted molar refractivity (Wildman–Crippen MR) is 423 cm³/mol. The third-order valence-corrected chi connectivity index (χ3v) is 17.0. The fourth-order valence-electron chi connectivity index (χ4n) is 12.4. The minimum absolute atomic E-state index is 0.0378. The summed E-state index contributed by atoms with van der Waals surface area (Å²) in [7, 11) is 0. The van der Waals surface area contributed by atoms with Crippen molar-refractivity contribution in [3.05, 3.63) is 201 Å².